The maximum Gasteiger partial charge on any atom is 0.416 e. The molecule has 1 amide bonds. The highest BCUT2D eigenvalue weighted by molar-refractivity contribution is 9.10. The first kappa shape index (κ1) is 15.0. The van der Waals surface area contributed by atoms with E-state index in [2.05, 4.69) is 27.8 Å². The average Bonchev–Trinajstić information content (AvgIpc) is 2.24. The third-order valence-electron chi connectivity index (χ3n) is 1.98. The fraction of sp³-hybridized carbons (Fsp3) is 0.182. The SMILES string of the molecule is C=C(Cl)CNC(=O)c1cc(C(F)(F)F)ccc1Br. The molecule has 0 saturated carbocycles. The zero-order valence-electron chi connectivity index (χ0n) is 8.94. The van der Waals surface area contributed by atoms with E-state index in [-0.39, 0.29) is 21.6 Å². The van der Waals surface area contributed by atoms with Crippen LogP contribution in [-0.4, -0.2) is 12.5 Å². The monoisotopic (exact) mass is 341 g/mol. The molecular formula is C11H8BrClF3NO. The predicted octanol–water partition coefficient (Wildman–Crippen LogP) is 3.95. The molecule has 18 heavy (non-hydrogen) atoms. The van der Waals surface area contributed by atoms with Crippen molar-refractivity contribution >= 4 is 33.4 Å². The van der Waals surface area contributed by atoms with Crippen LogP contribution in [0.1, 0.15) is 15.9 Å². The minimum absolute atomic E-state index is 0.0108. The first-order valence-electron chi connectivity index (χ1n) is 4.70. The van der Waals surface area contributed by atoms with Gasteiger partial charge < -0.3 is 5.32 Å². The molecule has 1 aromatic carbocycles. The average molecular weight is 343 g/mol. The molecule has 2 nitrogen and oxygen atoms in total. The summed E-state index contributed by atoms with van der Waals surface area (Å²) in [6.07, 6.45) is -4.49. The van der Waals surface area contributed by atoms with Crippen LogP contribution in [0.2, 0.25) is 0 Å². The Balaban J connectivity index is 3.01. The fourth-order valence-corrected chi connectivity index (χ4v) is 1.64. The summed E-state index contributed by atoms with van der Waals surface area (Å²) in [4.78, 5) is 11.6. The van der Waals surface area contributed by atoms with Crippen LogP contribution in [0.15, 0.2) is 34.3 Å². The van der Waals surface area contributed by atoms with Gasteiger partial charge in [0, 0.05) is 9.51 Å². The highest BCUT2D eigenvalue weighted by Crippen LogP contribution is 2.31. The van der Waals surface area contributed by atoms with Crippen molar-refractivity contribution < 1.29 is 18.0 Å². The van der Waals surface area contributed by atoms with Crippen molar-refractivity contribution in [3.05, 3.63) is 45.4 Å². The van der Waals surface area contributed by atoms with Gasteiger partial charge in [-0.2, -0.15) is 13.2 Å². The largest absolute Gasteiger partial charge is 0.416 e. The molecule has 0 saturated heterocycles. The number of carbonyl (C=O) groups excluding carboxylic acids is 1. The lowest BCUT2D eigenvalue weighted by Gasteiger charge is -2.10. The van der Waals surface area contributed by atoms with Gasteiger partial charge in [0.2, 0.25) is 0 Å². The molecule has 7 heteroatoms. The van der Waals surface area contributed by atoms with Crippen molar-refractivity contribution in [2.75, 3.05) is 6.54 Å². The van der Waals surface area contributed by atoms with E-state index in [0.717, 1.165) is 12.1 Å². The van der Waals surface area contributed by atoms with Gasteiger partial charge in [0.25, 0.3) is 5.91 Å². The van der Waals surface area contributed by atoms with Crippen LogP contribution < -0.4 is 5.32 Å². The van der Waals surface area contributed by atoms with Gasteiger partial charge in [-0.3, -0.25) is 4.79 Å². The first-order chi connectivity index (χ1) is 8.21. The van der Waals surface area contributed by atoms with E-state index < -0.39 is 17.6 Å². The Hall–Kier alpha value is -1.01. The van der Waals surface area contributed by atoms with Gasteiger partial charge in [0.1, 0.15) is 0 Å². The minimum Gasteiger partial charge on any atom is -0.347 e. The number of amides is 1. The molecule has 0 aliphatic heterocycles. The van der Waals surface area contributed by atoms with Crippen LogP contribution in [0.25, 0.3) is 0 Å². The fourth-order valence-electron chi connectivity index (χ4n) is 1.15. The van der Waals surface area contributed by atoms with Crippen molar-refractivity contribution in [1.82, 2.24) is 5.32 Å². The van der Waals surface area contributed by atoms with Crippen LogP contribution >= 0.6 is 27.5 Å². The predicted molar refractivity (Wildman–Crippen MR) is 66.5 cm³/mol. The molecular weight excluding hydrogens is 334 g/mol. The van der Waals surface area contributed by atoms with Crippen LogP contribution in [0, 0.1) is 0 Å². The second kappa shape index (κ2) is 5.75. The molecule has 0 bridgehead atoms. The standard InChI is InChI=1S/C11H8BrClF3NO/c1-6(13)5-17-10(18)8-4-7(11(14,15)16)2-3-9(8)12/h2-4H,1,5H2,(H,17,18). The van der Waals surface area contributed by atoms with E-state index in [1.165, 1.54) is 6.07 Å². The number of benzene rings is 1. The van der Waals surface area contributed by atoms with Gasteiger partial charge in [0.15, 0.2) is 0 Å². The maximum atomic E-state index is 12.5. The lowest BCUT2D eigenvalue weighted by atomic mass is 10.1. The highest BCUT2D eigenvalue weighted by atomic mass is 79.9. The highest BCUT2D eigenvalue weighted by Gasteiger charge is 2.31. The van der Waals surface area contributed by atoms with Crippen molar-refractivity contribution in [2.45, 2.75) is 6.18 Å². The first-order valence-corrected chi connectivity index (χ1v) is 5.87. The zero-order valence-corrected chi connectivity index (χ0v) is 11.3. The lowest BCUT2D eigenvalue weighted by Crippen LogP contribution is -2.25. The van der Waals surface area contributed by atoms with E-state index in [0.29, 0.717) is 0 Å². The van der Waals surface area contributed by atoms with E-state index in [4.69, 9.17) is 11.6 Å². The van der Waals surface area contributed by atoms with E-state index in [9.17, 15) is 18.0 Å². The quantitative estimate of drug-likeness (QED) is 0.885. The summed E-state index contributed by atoms with van der Waals surface area (Å²) in [5.41, 5.74) is -0.997. The zero-order chi connectivity index (χ0) is 13.9. The normalized spacial score (nSPS) is 11.2. The molecule has 98 valence electrons. The van der Waals surface area contributed by atoms with E-state index >= 15 is 0 Å². The maximum absolute atomic E-state index is 12.5. The number of alkyl halides is 3. The molecule has 0 atom stereocenters. The molecule has 0 aliphatic carbocycles. The van der Waals surface area contributed by atoms with Crippen molar-refractivity contribution in [3.63, 3.8) is 0 Å². The number of carbonyl (C=O) groups is 1. The van der Waals surface area contributed by atoms with Crippen LogP contribution in [0.3, 0.4) is 0 Å². The number of hydrogen-bond acceptors (Lipinski definition) is 1. The summed E-state index contributed by atoms with van der Waals surface area (Å²) in [7, 11) is 0. The topological polar surface area (TPSA) is 29.1 Å². The Morgan fingerprint density at radius 1 is 1.44 bits per heavy atom. The number of nitrogens with one attached hydrogen (secondary N) is 1. The Kier molecular flexibility index (Phi) is 4.81. The molecule has 0 aliphatic rings. The van der Waals surface area contributed by atoms with Crippen molar-refractivity contribution in [1.29, 1.82) is 0 Å². The second-order valence-electron chi connectivity index (χ2n) is 3.39. The molecule has 0 fully saturated rings. The van der Waals surface area contributed by atoms with Gasteiger partial charge in [-0.1, -0.05) is 18.2 Å². The van der Waals surface area contributed by atoms with E-state index in [1.54, 1.807) is 0 Å². The van der Waals surface area contributed by atoms with Gasteiger partial charge in [-0.25, -0.2) is 0 Å². The van der Waals surface area contributed by atoms with Crippen LogP contribution in [-0.2, 0) is 6.18 Å². The molecule has 1 N–H and O–H groups in total. The summed E-state index contributed by atoms with van der Waals surface area (Å²) in [6.45, 7) is 3.35. The summed E-state index contributed by atoms with van der Waals surface area (Å²) in [6, 6.07) is 2.84. The number of hydrogen-bond donors (Lipinski definition) is 1. The molecule has 0 radical (unpaired) electrons. The number of rotatable bonds is 3. The van der Waals surface area contributed by atoms with Crippen molar-refractivity contribution in [2.24, 2.45) is 0 Å². The smallest absolute Gasteiger partial charge is 0.347 e. The summed E-state index contributed by atoms with van der Waals surface area (Å²) < 4.78 is 37.8. The summed E-state index contributed by atoms with van der Waals surface area (Å²) in [5.74, 6) is -0.658. The Labute approximate surface area is 115 Å². The molecule has 1 aromatic rings. The second-order valence-corrected chi connectivity index (χ2v) is 4.78. The molecule has 0 unspecified atom stereocenters. The number of halogens is 5. The van der Waals surface area contributed by atoms with Gasteiger partial charge in [0.05, 0.1) is 17.7 Å². The Morgan fingerprint density at radius 2 is 2.06 bits per heavy atom. The molecule has 0 spiro atoms. The van der Waals surface area contributed by atoms with Gasteiger partial charge in [-0.15, -0.1) is 0 Å². The molecule has 1 rings (SSSR count). The van der Waals surface area contributed by atoms with Crippen LogP contribution in [0.5, 0.6) is 0 Å². The van der Waals surface area contributed by atoms with E-state index in [1.807, 2.05) is 0 Å². The molecule has 0 aromatic heterocycles. The van der Waals surface area contributed by atoms with Gasteiger partial charge in [-0.05, 0) is 34.1 Å². The third kappa shape index (κ3) is 4.03. The summed E-state index contributed by atoms with van der Waals surface area (Å²) >= 11 is 8.47. The third-order valence-corrected chi connectivity index (χ3v) is 2.80. The lowest BCUT2D eigenvalue weighted by molar-refractivity contribution is -0.137. The van der Waals surface area contributed by atoms with Crippen molar-refractivity contribution in [3.8, 4) is 0 Å². The van der Waals surface area contributed by atoms with Crippen LogP contribution in [0.4, 0.5) is 13.2 Å². The van der Waals surface area contributed by atoms with Gasteiger partial charge >= 0.3 is 6.18 Å². The minimum atomic E-state index is -4.49. The Bertz CT molecular complexity index is 488. The summed E-state index contributed by atoms with van der Waals surface area (Å²) in [5, 5.41) is 2.54. The Morgan fingerprint density at radius 3 is 2.56 bits per heavy atom. The molecule has 0 heterocycles.